The van der Waals surface area contributed by atoms with Crippen molar-refractivity contribution < 1.29 is 17.6 Å². The average molecular weight is 371 g/mol. The average Bonchev–Trinajstić information content (AvgIpc) is 2.50. The molecule has 1 amide bonds. The number of sulfonamides is 1. The first-order valence-electron chi connectivity index (χ1n) is 6.92. The Morgan fingerprint density at radius 1 is 1.17 bits per heavy atom. The number of aryl methyl sites for hydroxylation is 1. The number of amides is 1. The molecule has 0 spiro atoms. The van der Waals surface area contributed by atoms with Crippen LogP contribution in [0.5, 0.6) is 0 Å². The quantitative estimate of drug-likeness (QED) is 0.898. The molecule has 24 heavy (non-hydrogen) atoms. The lowest BCUT2D eigenvalue weighted by Gasteiger charge is -2.13. The number of benzene rings is 2. The van der Waals surface area contributed by atoms with E-state index in [4.69, 9.17) is 11.6 Å². The fourth-order valence-corrected chi connectivity index (χ4v) is 3.17. The number of anilines is 1. The molecule has 0 radical (unpaired) electrons. The van der Waals surface area contributed by atoms with E-state index in [0.717, 1.165) is 28.1 Å². The Morgan fingerprint density at radius 2 is 1.83 bits per heavy atom. The second-order valence-corrected chi connectivity index (χ2v) is 7.93. The maximum atomic E-state index is 14.0. The lowest BCUT2D eigenvalue weighted by atomic mass is 10.2. The summed E-state index contributed by atoms with van der Waals surface area (Å²) in [6.45, 7) is 1.84. The Hall–Kier alpha value is -1.96. The summed E-state index contributed by atoms with van der Waals surface area (Å²) < 4.78 is 39.2. The predicted molar refractivity (Wildman–Crippen MR) is 91.4 cm³/mol. The van der Waals surface area contributed by atoms with Gasteiger partial charge in [0.1, 0.15) is 5.82 Å². The van der Waals surface area contributed by atoms with Gasteiger partial charge in [-0.15, -0.1) is 0 Å². The van der Waals surface area contributed by atoms with E-state index < -0.39 is 21.7 Å². The van der Waals surface area contributed by atoms with Gasteiger partial charge in [-0.2, -0.15) is 0 Å². The molecule has 0 aliphatic rings. The van der Waals surface area contributed by atoms with Crippen molar-refractivity contribution in [2.24, 2.45) is 0 Å². The van der Waals surface area contributed by atoms with Crippen molar-refractivity contribution in [3.63, 3.8) is 0 Å². The van der Waals surface area contributed by atoms with Crippen molar-refractivity contribution in [2.45, 2.75) is 11.8 Å². The van der Waals surface area contributed by atoms with Gasteiger partial charge < -0.3 is 5.32 Å². The Labute approximate surface area is 145 Å². The Kier molecular flexibility index (Phi) is 5.27. The molecule has 0 unspecified atom stereocenters. The van der Waals surface area contributed by atoms with Crippen molar-refractivity contribution >= 4 is 33.2 Å². The molecule has 0 aliphatic carbocycles. The third-order valence-electron chi connectivity index (χ3n) is 3.33. The second-order valence-electron chi connectivity index (χ2n) is 5.37. The fraction of sp³-hybridized carbons (Fsp3) is 0.188. The molecule has 0 atom stereocenters. The van der Waals surface area contributed by atoms with Gasteiger partial charge in [-0.25, -0.2) is 17.1 Å². The minimum Gasteiger partial charge on any atom is -0.321 e. The summed E-state index contributed by atoms with van der Waals surface area (Å²) in [6, 6.07) is 8.05. The van der Waals surface area contributed by atoms with Crippen molar-refractivity contribution in [2.75, 3.05) is 19.4 Å². The van der Waals surface area contributed by atoms with Crippen LogP contribution in [-0.2, 0) is 10.0 Å². The van der Waals surface area contributed by atoms with Crippen LogP contribution in [0.1, 0.15) is 15.9 Å². The summed E-state index contributed by atoms with van der Waals surface area (Å²) in [4.78, 5) is 12.1. The number of carbonyl (C=O) groups excluding carboxylic acids is 1. The molecule has 1 N–H and O–H groups in total. The third kappa shape index (κ3) is 3.75. The van der Waals surface area contributed by atoms with Gasteiger partial charge in [-0.3, -0.25) is 4.79 Å². The molecule has 2 aromatic rings. The van der Waals surface area contributed by atoms with E-state index in [1.54, 1.807) is 18.2 Å². The first kappa shape index (κ1) is 18.4. The van der Waals surface area contributed by atoms with Crippen molar-refractivity contribution in [3.05, 3.63) is 58.4 Å². The van der Waals surface area contributed by atoms with E-state index in [2.05, 4.69) is 5.32 Å². The van der Waals surface area contributed by atoms with Gasteiger partial charge in [-0.05, 0) is 42.8 Å². The van der Waals surface area contributed by atoms with Crippen LogP contribution < -0.4 is 5.32 Å². The SMILES string of the molecule is Cc1ccc(NC(=O)c2cc(S(=O)(=O)N(C)C)ccc2F)c(Cl)c1. The van der Waals surface area contributed by atoms with E-state index in [9.17, 15) is 17.6 Å². The topological polar surface area (TPSA) is 66.5 Å². The van der Waals surface area contributed by atoms with Gasteiger partial charge in [0.15, 0.2) is 0 Å². The lowest BCUT2D eigenvalue weighted by molar-refractivity contribution is 0.102. The number of halogens is 2. The molecule has 0 heterocycles. The van der Waals surface area contributed by atoms with Crippen molar-refractivity contribution in [1.82, 2.24) is 4.31 Å². The standard InChI is InChI=1S/C16H16ClFN2O3S/c1-10-4-7-15(13(17)8-10)19-16(21)12-9-11(5-6-14(12)18)24(22,23)20(2)3/h4-9H,1-3H3,(H,19,21). The van der Waals surface area contributed by atoms with Crippen molar-refractivity contribution in [1.29, 1.82) is 0 Å². The van der Waals surface area contributed by atoms with Crippen LogP contribution in [0.3, 0.4) is 0 Å². The Bertz CT molecular complexity index is 898. The Balaban J connectivity index is 2.39. The molecule has 0 aromatic heterocycles. The van der Waals surface area contributed by atoms with E-state index in [0.29, 0.717) is 10.7 Å². The van der Waals surface area contributed by atoms with E-state index in [1.165, 1.54) is 14.1 Å². The largest absolute Gasteiger partial charge is 0.321 e. The first-order chi connectivity index (χ1) is 11.1. The highest BCUT2D eigenvalue weighted by molar-refractivity contribution is 7.89. The monoisotopic (exact) mass is 370 g/mol. The maximum absolute atomic E-state index is 14.0. The zero-order valence-electron chi connectivity index (χ0n) is 13.3. The van der Waals surface area contributed by atoms with Crippen LogP contribution in [0.25, 0.3) is 0 Å². The highest BCUT2D eigenvalue weighted by atomic mass is 35.5. The number of rotatable bonds is 4. The molecule has 0 aliphatic heterocycles. The van der Waals surface area contributed by atoms with Crippen LogP contribution in [0.4, 0.5) is 10.1 Å². The molecular weight excluding hydrogens is 355 g/mol. The number of hydrogen-bond acceptors (Lipinski definition) is 3. The molecule has 8 heteroatoms. The Morgan fingerprint density at radius 3 is 2.42 bits per heavy atom. The zero-order chi connectivity index (χ0) is 18.1. The molecule has 0 saturated heterocycles. The number of nitrogens with one attached hydrogen (secondary N) is 1. The van der Waals surface area contributed by atoms with Crippen LogP contribution in [0.15, 0.2) is 41.3 Å². The summed E-state index contributed by atoms with van der Waals surface area (Å²) in [6.07, 6.45) is 0. The summed E-state index contributed by atoms with van der Waals surface area (Å²) in [5, 5.41) is 2.79. The predicted octanol–water partition coefficient (Wildman–Crippen LogP) is 3.29. The van der Waals surface area contributed by atoms with Crippen LogP contribution in [0.2, 0.25) is 5.02 Å². The minimum absolute atomic E-state index is 0.172. The van der Waals surface area contributed by atoms with Gasteiger partial charge >= 0.3 is 0 Å². The van der Waals surface area contributed by atoms with Crippen LogP contribution in [-0.4, -0.2) is 32.7 Å². The van der Waals surface area contributed by atoms with E-state index in [-0.39, 0.29) is 10.5 Å². The van der Waals surface area contributed by atoms with Gasteiger partial charge in [0, 0.05) is 14.1 Å². The molecular formula is C16H16ClFN2O3S. The lowest BCUT2D eigenvalue weighted by Crippen LogP contribution is -2.23. The van der Waals surface area contributed by atoms with Crippen molar-refractivity contribution in [3.8, 4) is 0 Å². The zero-order valence-corrected chi connectivity index (χ0v) is 14.9. The smallest absolute Gasteiger partial charge is 0.258 e. The van der Waals surface area contributed by atoms with Crippen LogP contribution in [0, 0.1) is 12.7 Å². The molecule has 0 saturated carbocycles. The summed E-state index contributed by atoms with van der Waals surface area (Å²) >= 11 is 6.04. The van der Waals surface area contributed by atoms with E-state index in [1.807, 2.05) is 6.92 Å². The van der Waals surface area contributed by atoms with Gasteiger partial charge in [0.05, 0.1) is 21.2 Å². The molecule has 5 nitrogen and oxygen atoms in total. The normalized spacial score (nSPS) is 11.6. The summed E-state index contributed by atoms with van der Waals surface area (Å²) in [7, 11) is -1.07. The second kappa shape index (κ2) is 6.88. The fourth-order valence-electron chi connectivity index (χ4n) is 1.96. The molecule has 2 rings (SSSR count). The number of hydrogen-bond donors (Lipinski definition) is 1. The van der Waals surface area contributed by atoms with Gasteiger partial charge in [0.25, 0.3) is 5.91 Å². The van der Waals surface area contributed by atoms with Crippen LogP contribution >= 0.6 is 11.6 Å². The van der Waals surface area contributed by atoms with Gasteiger partial charge in [-0.1, -0.05) is 17.7 Å². The molecule has 2 aromatic carbocycles. The molecule has 128 valence electrons. The minimum atomic E-state index is -3.78. The third-order valence-corrected chi connectivity index (χ3v) is 5.46. The maximum Gasteiger partial charge on any atom is 0.258 e. The molecule has 0 bridgehead atoms. The van der Waals surface area contributed by atoms with Gasteiger partial charge in [0.2, 0.25) is 10.0 Å². The number of nitrogens with zero attached hydrogens (tertiary/aromatic N) is 1. The highest BCUT2D eigenvalue weighted by Crippen LogP contribution is 2.24. The summed E-state index contributed by atoms with van der Waals surface area (Å²) in [5.74, 6) is -1.61. The molecule has 0 fully saturated rings. The van der Waals surface area contributed by atoms with E-state index >= 15 is 0 Å². The highest BCUT2D eigenvalue weighted by Gasteiger charge is 2.21. The first-order valence-corrected chi connectivity index (χ1v) is 8.74. The number of carbonyl (C=O) groups is 1. The summed E-state index contributed by atoms with van der Waals surface area (Å²) in [5.41, 5.74) is 0.838.